The van der Waals surface area contributed by atoms with E-state index in [9.17, 15) is 19.4 Å². The van der Waals surface area contributed by atoms with E-state index < -0.39 is 20.0 Å². The first-order chi connectivity index (χ1) is 28.0. The minimum absolute atomic E-state index is 0.00585. The number of aliphatic hydroxyl groups excluding tert-OH is 1. The number of carbonyl (C=O) groups is 1. The lowest BCUT2D eigenvalue weighted by molar-refractivity contribution is -0.870. The van der Waals surface area contributed by atoms with E-state index >= 15 is 0 Å². The van der Waals surface area contributed by atoms with Crippen LogP contribution in [0.25, 0.3) is 0 Å². The van der Waals surface area contributed by atoms with Crippen LogP contribution in [0.2, 0.25) is 0 Å². The van der Waals surface area contributed by atoms with Gasteiger partial charge in [-0.05, 0) is 57.4 Å². The molecular formula is C48H84NO8P. The summed E-state index contributed by atoms with van der Waals surface area (Å²) >= 11 is 0. The third-order valence-corrected chi connectivity index (χ3v) is 10.1. The highest BCUT2D eigenvalue weighted by Crippen LogP contribution is 2.38. The summed E-state index contributed by atoms with van der Waals surface area (Å²) in [7, 11) is 1.29. The molecule has 1 N–H and O–H groups in total. The van der Waals surface area contributed by atoms with Crippen LogP contribution in [-0.4, -0.2) is 75.3 Å². The molecule has 0 aromatic carbocycles. The van der Waals surface area contributed by atoms with E-state index in [0.29, 0.717) is 23.9 Å². The van der Waals surface area contributed by atoms with Gasteiger partial charge in [-0.2, -0.15) is 0 Å². The molecule has 3 atom stereocenters. The van der Waals surface area contributed by atoms with Crippen molar-refractivity contribution >= 4 is 13.8 Å². The van der Waals surface area contributed by atoms with E-state index in [1.165, 1.54) is 83.5 Å². The number of hydrogen-bond acceptors (Lipinski definition) is 8. The Morgan fingerprint density at radius 2 is 1.24 bits per heavy atom. The Kier molecular flexibility index (Phi) is 38.2. The number of nitrogens with zero attached hydrogens (tertiary/aromatic N) is 1. The van der Waals surface area contributed by atoms with Crippen molar-refractivity contribution in [2.45, 2.75) is 167 Å². The van der Waals surface area contributed by atoms with Crippen molar-refractivity contribution in [1.29, 1.82) is 0 Å². The summed E-state index contributed by atoms with van der Waals surface area (Å²) in [5, 5.41) is 9.84. The molecule has 9 nitrogen and oxygen atoms in total. The summed E-state index contributed by atoms with van der Waals surface area (Å²) in [5.41, 5.74) is 0. The quantitative estimate of drug-likeness (QED) is 0.0123. The van der Waals surface area contributed by atoms with Crippen LogP contribution in [0.5, 0.6) is 0 Å². The van der Waals surface area contributed by atoms with E-state index in [1.54, 1.807) is 12.3 Å². The van der Waals surface area contributed by atoms with Gasteiger partial charge in [0.15, 0.2) is 6.10 Å². The van der Waals surface area contributed by atoms with Crippen LogP contribution >= 0.6 is 7.82 Å². The number of rotatable bonds is 40. The highest BCUT2D eigenvalue weighted by atomic mass is 31.2. The minimum atomic E-state index is -4.55. The van der Waals surface area contributed by atoms with E-state index in [2.05, 4.69) is 50.3 Å². The van der Waals surface area contributed by atoms with Crippen molar-refractivity contribution < 1.29 is 42.4 Å². The number of likely N-dealkylation sites (N-methyl/N-ethyl adjacent to an activating group) is 1. The van der Waals surface area contributed by atoms with Crippen molar-refractivity contribution in [1.82, 2.24) is 0 Å². The Balaban J connectivity index is 4.44. The molecule has 0 aliphatic rings. The van der Waals surface area contributed by atoms with E-state index in [4.69, 9.17) is 18.5 Å². The predicted octanol–water partition coefficient (Wildman–Crippen LogP) is 12.0. The number of carbonyl (C=O) groups excluding carboxylic acids is 1. The van der Waals surface area contributed by atoms with Gasteiger partial charge >= 0.3 is 5.97 Å². The summed E-state index contributed by atoms with van der Waals surface area (Å²) in [6, 6.07) is 0. The highest BCUT2D eigenvalue weighted by Gasteiger charge is 2.19. The van der Waals surface area contributed by atoms with E-state index in [0.717, 1.165) is 38.5 Å². The Morgan fingerprint density at radius 3 is 1.83 bits per heavy atom. The van der Waals surface area contributed by atoms with Crippen LogP contribution in [0, 0.1) is 0 Å². The number of phosphoric ester groups is 1. The Bertz CT molecular complexity index is 1220. The zero-order valence-corrected chi connectivity index (χ0v) is 38.2. The number of esters is 1. The van der Waals surface area contributed by atoms with Crippen LogP contribution in [0.4, 0.5) is 0 Å². The number of allylic oxidation sites excluding steroid dienone is 11. The minimum Gasteiger partial charge on any atom is -0.756 e. The fourth-order valence-electron chi connectivity index (χ4n) is 5.58. The summed E-state index contributed by atoms with van der Waals surface area (Å²) in [5.74, 6) is -0.389. The van der Waals surface area contributed by atoms with Crippen molar-refractivity contribution in [2.75, 3.05) is 47.5 Å². The molecule has 0 aliphatic carbocycles. The number of ether oxygens (including phenoxy) is 2. The number of unbranched alkanes of at least 4 members (excludes halogenated alkanes) is 14. The third-order valence-electron chi connectivity index (χ3n) is 9.14. The molecular weight excluding hydrogens is 750 g/mol. The topological polar surface area (TPSA) is 114 Å². The molecule has 2 unspecified atom stereocenters. The second kappa shape index (κ2) is 39.9. The van der Waals surface area contributed by atoms with Crippen molar-refractivity contribution in [3.8, 4) is 0 Å². The van der Waals surface area contributed by atoms with Crippen LogP contribution in [-0.2, 0) is 27.9 Å². The van der Waals surface area contributed by atoms with Gasteiger partial charge < -0.3 is 33.0 Å². The monoisotopic (exact) mass is 834 g/mol. The predicted molar refractivity (Wildman–Crippen MR) is 241 cm³/mol. The average Bonchev–Trinajstić information content (AvgIpc) is 3.17. The van der Waals surface area contributed by atoms with Crippen molar-refractivity contribution in [3.63, 3.8) is 0 Å². The second-order valence-electron chi connectivity index (χ2n) is 15.9. The van der Waals surface area contributed by atoms with Crippen LogP contribution in [0.15, 0.2) is 85.3 Å². The van der Waals surface area contributed by atoms with Gasteiger partial charge in [-0.1, -0.05) is 170 Å². The maximum Gasteiger partial charge on any atom is 0.306 e. The molecule has 0 aromatic rings. The lowest BCUT2D eigenvalue weighted by Crippen LogP contribution is -2.37. The second-order valence-corrected chi connectivity index (χ2v) is 17.4. The lowest BCUT2D eigenvalue weighted by Gasteiger charge is -2.28. The molecule has 0 fully saturated rings. The summed E-state index contributed by atoms with van der Waals surface area (Å²) in [4.78, 5) is 24.8. The van der Waals surface area contributed by atoms with Gasteiger partial charge in [-0.3, -0.25) is 9.36 Å². The first kappa shape index (κ1) is 55.5. The Morgan fingerprint density at radius 1 is 0.672 bits per heavy atom. The molecule has 0 heterocycles. The molecule has 0 bridgehead atoms. The van der Waals surface area contributed by atoms with Gasteiger partial charge in [0.25, 0.3) is 7.82 Å². The molecule has 0 aromatic heterocycles. The molecule has 0 aliphatic heterocycles. The molecule has 58 heavy (non-hydrogen) atoms. The zero-order chi connectivity index (χ0) is 42.8. The molecule has 0 spiro atoms. The van der Waals surface area contributed by atoms with Gasteiger partial charge in [0.2, 0.25) is 0 Å². The zero-order valence-electron chi connectivity index (χ0n) is 37.3. The van der Waals surface area contributed by atoms with Gasteiger partial charge in [-0.15, -0.1) is 0 Å². The number of phosphoric acid groups is 1. The summed E-state index contributed by atoms with van der Waals surface area (Å²) < 4.78 is 34.3. The third kappa shape index (κ3) is 43.1. The molecule has 334 valence electrons. The Hall–Kier alpha value is -2.52. The normalized spacial score (nSPS) is 15.0. The van der Waals surface area contributed by atoms with Crippen LogP contribution < -0.4 is 4.89 Å². The van der Waals surface area contributed by atoms with Crippen molar-refractivity contribution in [2.24, 2.45) is 0 Å². The van der Waals surface area contributed by atoms with Gasteiger partial charge in [-0.25, -0.2) is 0 Å². The lowest BCUT2D eigenvalue weighted by atomic mass is 10.0. The number of aliphatic hydroxyl groups is 1. The molecule has 10 heteroatoms. The fraction of sp³-hybridized carbons (Fsp3) is 0.688. The molecule has 0 radical (unpaired) electrons. The van der Waals surface area contributed by atoms with E-state index in [-0.39, 0.29) is 32.2 Å². The summed E-state index contributed by atoms with van der Waals surface area (Å²) in [6.07, 6.45) is 50.4. The van der Waals surface area contributed by atoms with E-state index in [1.807, 2.05) is 57.6 Å². The first-order valence-corrected chi connectivity index (χ1v) is 23.9. The first-order valence-electron chi connectivity index (χ1n) is 22.5. The smallest absolute Gasteiger partial charge is 0.306 e. The Labute approximate surface area is 355 Å². The molecule has 0 saturated carbocycles. The maximum absolute atomic E-state index is 12.5. The van der Waals surface area contributed by atoms with Gasteiger partial charge in [0.05, 0.1) is 40.1 Å². The largest absolute Gasteiger partial charge is 0.756 e. The highest BCUT2D eigenvalue weighted by molar-refractivity contribution is 7.45. The number of hydrogen-bond donors (Lipinski definition) is 1. The van der Waals surface area contributed by atoms with Crippen LogP contribution in [0.3, 0.4) is 0 Å². The maximum atomic E-state index is 12.5. The van der Waals surface area contributed by atoms with Crippen molar-refractivity contribution in [3.05, 3.63) is 85.3 Å². The SMILES string of the molecule is CC/C=C\CC(O)/C=C/C=C/C/C=C\C/C=C\C/C=C\CCC(=O)OC[C@H](COP(=O)([O-])OCC[N+](C)(C)C)O/C=C/CCCCCCCCCCCCCCCC. The fourth-order valence-corrected chi connectivity index (χ4v) is 6.31. The molecule has 0 amide bonds. The summed E-state index contributed by atoms with van der Waals surface area (Å²) in [6.45, 7) is 4.39. The van der Waals surface area contributed by atoms with Crippen LogP contribution in [0.1, 0.15) is 155 Å². The molecule has 0 rings (SSSR count). The standard InChI is InChI=1S/C48H84NO8P/c1-6-8-10-11-12-13-14-15-16-17-21-24-27-30-33-37-42-54-47(45-57-58(52,53)56-43-41-49(3,4)5)44-55-48(51)40-36-32-29-26-23-20-18-19-22-25-28-31-35-39-46(50)38-34-9-7-2/h9,19-20,22-23,28-29,31-32,34-35,37,39,42,46-47,50H,6-8,10-18,21,24-27,30,33,36,38,40-41,43-45H2,1-5H3/b22-19-,23-20-,31-28+,32-29-,34-9-,39-35+,42-37+/t46?,47-/m1/s1. The van der Waals surface area contributed by atoms with Gasteiger partial charge in [0, 0.05) is 6.42 Å². The van der Waals surface area contributed by atoms with Gasteiger partial charge in [0.1, 0.15) is 19.8 Å². The average molecular weight is 834 g/mol. The molecule has 0 saturated heterocycles. The number of quaternary nitrogens is 1.